The quantitative estimate of drug-likeness (QED) is 0.479. The zero-order valence-electron chi connectivity index (χ0n) is 7.52. The molecular weight excluding hydrogens is 154 g/mol. The van der Waals surface area contributed by atoms with E-state index in [-0.39, 0.29) is 11.9 Å². The van der Waals surface area contributed by atoms with Gasteiger partial charge in [0.15, 0.2) is 0 Å². The van der Waals surface area contributed by atoms with Gasteiger partial charge in [-0.2, -0.15) is 0 Å². The van der Waals surface area contributed by atoms with Gasteiger partial charge in [-0.05, 0) is 26.4 Å². The van der Waals surface area contributed by atoms with Crippen LogP contribution in [0.2, 0.25) is 0 Å². The fourth-order valence-corrected chi connectivity index (χ4v) is 1.34. The van der Waals surface area contributed by atoms with E-state index in [4.69, 9.17) is 0 Å². The second-order valence-corrected chi connectivity index (χ2v) is 3.04. The lowest BCUT2D eigenvalue weighted by atomic mass is 10.2. The lowest BCUT2D eigenvalue weighted by molar-refractivity contribution is -0.122. The van der Waals surface area contributed by atoms with Crippen molar-refractivity contribution < 1.29 is 4.79 Å². The number of hydrogen-bond acceptors (Lipinski definition) is 3. The summed E-state index contributed by atoms with van der Waals surface area (Å²) in [7, 11) is 1.87. The van der Waals surface area contributed by atoms with Crippen molar-refractivity contribution in [3.63, 3.8) is 0 Å². The minimum Gasteiger partial charge on any atom is -0.353 e. The Morgan fingerprint density at radius 3 is 3.00 bits per heavy atom. The highest BCUT2D eigenvalue weighted by Gasteiger charge is 2.20. The average molecular weight is 171 g/mol. The van der Waals surface area contributed by atoms with Crippen molar-refractivity contribution in [3.05, 3.63) is 0 Å². The van der Waals surface area contributed by atoms with Gasteiger partial charge in [0.25, 0.3) is 0 Å². The van der Waals surface area contributed by atoms with Crippen molar-refractivity contribution in [2.24, 2.45) is 0 Å². The standard InChI is InChI=1S/C8H17N3O/c1-9-5-6-11-8(12)7-3-2-4-10-7/h7,9-10H,2-6H2,1H3,(H,11,12)/t7-/m0/s1. The average Bonchev–Trinajstić information content (AvgIpc) is 2.56. The summed E-state index contributed by atoms with van der Waals surface area (Å²) in [6.45, 7) is 2.52. The van der Waals surface area contributed by atoms with Crippen LogP contribution in [0.15, 0.2) is 0 Å². The minimum atomic E-state index is 0.0573. The molecule has 0 spiro atoms. The third kappa shape index (κ3) is 2.79. The number of amides is 1. The van der Waals surface area contributed by atoms with E-state index in [2.05, 4.69) is 16.0 Å². The van der Waals surface area contributed by atoms with E-state index in [1.54, 1.807) is 0 Å². The summed E-state index contributed by atoms with van der Waals surface area (Å²) in [5.41, 5.74) is 0. The van der Waals surface area contributed by atoms with E-state index in [0.717, 1.165) is 25.9 Å². The SMILES string of the molecule is CNCCNC(=O)[C@@H]1CCCN1. The molecule has 4 heteroatoms. The summed E-state index contributed by atoms with van der Waals surface area (Å²) in [6, 6.07) is 0.0573. The van der Waals surface area contributed by atoms with Crippen LogP contribution in [0.25, 0.3) is 0 Å². The Balaban J connectivity index is 2.10. The molecule has 70 valence electrons. The van der Waals surface area contributed by atoms with Crippen LogP contribution in [0.1, 0.15) is 12.8 Å². The third-order valence-corrected chi connectivity index (χ3v) is 2.05. The van der Waals surface area contributed by atoms with Gasteiger partial charge >= 0.3 is 0 Å². The molecule has 1 saturated heterocycles. The first-order valence-electron chi connectivity index (χ1n) is 4.50. The smallest absolute Gasteiger partial charge is 0.237 e. The zero-order valence-corrected chi connectivity index (χ0v) is 7.52. The Morgan fingerprint density at radius 2 is 2.42 bits per heavy atom. The molecule has 0 saturated carbocycles. The lowest BCUT2D eigenvalue weighted by Gasteiger charge is -2.10. The van der Waals surface area contributed by atoms with Gasteiger partial charge in [-0.15, -0.1) is 0 Å². The molecule has 0 aromatic carbocycles. The molecule has 1 amide bonds. The number of nitrogens with one attached hydrogen (secondary N) is 3. The fraction of sp³-hybridized carbons (Fsp3) is 0.875. The Kier molecular flexibility index (Phi) is 4.04. The highest BCUT2D eigenvalue weighted by atomic mass is 16.2. The van der Waals surface area contributed by atoms with Crippen molar-refractivity contribution in [2.75, 3.05) is 26.7 Å². The van der Waals surface area contributed by atoms with E-state index >= 15 is 0 Å². The first-order chi connectivity index (χ1) is 5.84. The van der Waals surface area contributed by atoms with Gasteiger partial charge in [0, 0.05) is 13.1 Å². The molecule has 0 aromatic rings. The minimum absolute atomic E-state index is 0.0573. The number of rotatable bonds is 4. The summed E-state index contributed by atoms with van der Waals surface area (Å²) in [5.74, 6) is 0.141. The number of hydrogen-bond donors (Lipinski definition) is 3. The van der Waals surface area contributed by atoms with E-state index in [1.807, 2.05) is 7.05 Å². The maximum absolute atomic E-state index is 11.3. The Hall–Kier alpha value is -0.610. The molecule has 1 aliphatic heterocycles. The van der Waals surface area contributed by atoms with Crippen LogP contribution in [0, 0.1) is 0 Å². The monoisotopic (exact) mass is 171 g/mol. The van der Waals surface area contributed by atoms with E-state index in [9.17, 15) is 4.79 Å². The fourth-order valence-electron chi connectivity index (χ4n) is 1.34. The van der Waals surface area contributed by atoms with Crippen LogP contribution < -0.4 is 16.0 Å². The van der Waals surface area contributed by atoms with Gasteiger partial charge in [-0.1, -0.05) is 0 Å². The summed E-state index contributed by atoms with van der Waals surface area (Å²) < 4.78 is 0. The van der Waals surface area contributed by atoms with Crippen molar-refractivity contribution in [1.82, 2.24) is 16.0 Å². The van der Waals surface area contributed by atoms with Gasteiger partial charge < -0.3 is 16.0 Å². The van der Waals surface area contributed by atoms with Crippen LogP contribution in [-0.2, 0) is 4.79 Å². The normalized spacial score (nSPS) is 22.6. The molecule has 3 N–H and O–H groups in total. The van der Waals surface area contributed by atoms with Crippen molar-refractivity contribution in [1.29, 1.82) is 0 Å². The first kappa shape index (κ1) is 9.48. The van der Waals surface area contributed by atoms with Gasteiger partial charge in [0.05, 0.1) is 6.04 Å². The van der Waals surface area contributed by atoms with Crippen molar-refractivity contribution >= 4 is 5.91 Å². The lowest BCUT2D eigenvalue weighted by Crippen LogP contribution is -2.42. The van der Waals surface area contributed by atoms with Gasteiger partial charge in [-0.3, -0.25) is 4.79 Å². The van der Waals surface area contributed by atoms with Crippen LogP contribution >= 0.6 is 0 Å². The molecule has 1 aliphatic rings. The predicted molar refractivity (Wildman–Crippen MR) is 48.0 cm³/mol. The predicted octanol–water partition coefficient (Wildman–Crippen LogP) is -0.926. The van der Waals surface area contributed by atoms with Crippen molar-refractivity contribution in [3.8, 4) is 0 Å². The topological polar surface area (TPSA) is 53.2 Å². The Labute approximate surface area is 73.1 Å². The Bertz CT molecular complexity index is 143. The van der Waals surface area contributed by atoms with E-state index in [0.29, 0.717) is 6.54 Å². The number of carbonyl (C=O) groups excluding carboxylic acids is 1. The highest BCUT2D eigenvalue weighted by Crippen LogP contribution is 2.03. The zero-order chi connectivity index (χ0) is 8.81. The van der Waals surface area contributed by atoms with Crippen LogP contribution in [0.5, 0.6) is 0 Å². The van der Waals surface area contributed by atoms with Gasteiger partial charge in [0.2, 0.25) is 5.91 Å². The largest absolute Gasteiger partial charge is 0.353 e. The maximum Gasteiger partial charge on any atom is 0.237 e. The molecule has 0 unspecified atom stereocenters. The van der Waals surface area contributed by atoms with Gasteiger partial charge in [0.1, 0.15) is 0 Å². The molecule has 1 heterocycles. The summed E-state index contributed by atoms with van der Waals surface area (Å²) in [4.78, 5) is 11.3. The molecule has 1 fully saturated rings. The maximum atomic E-state index is 11.3. The number of carbonyl (C=O) groups is 1. The second-order valence-electron chi connectivity index (χ2n) is 3.04. The molecular formula is C8H17N3O. The van der Waals surface area contributed by atoms with E-state index < -0.39 is 0 Å². The summed E-state index contributed by atoms with van der Waals surface area (Å²) in [5, 5.41) is 8.99. The van der Waals surface area contributed by atoms with Crippen molar-refractivity contribution in [2.45, 2.75) is 18.9 Å². The molecule has 1 atom stereocenters. The molecule has 0 bridgehead atoms. The van der Waals surface area contributed by atoms with Crippen LogP contribution in [-0.4, -0.2) is 38.6 Å². The highest BCUT2D eigenvalue weighted by molar-refractivity contribution is 5.81. The summed E-state index contributed by atoms with van der Waals surface area (Å²) >= 11 is 0. The first-order valence-corrected chi connectivity index (χ1v) is 4.50. The molecule has 4 nitrogen and oxygen atoms in total. The molecule has 12 heavy (non-hydrogen) atoms. The molecule has 0 aromatic heterocycles. The molecule has 0 aliphatic carbocycles. The van der Waals surface area contributed by atoms with E-state index in [1.165, 1.54) is 0 Å². The molecule has 1 rings (SSSR count). The second kappa shape index (κ2) is 5.11. The third-order valence-electron chi connectivity index (χ3n) is 2.05. The number of likely N-dealkylation sites (N-methyl/N-ethyl adjacent to an activating group) is 1. The summed E-state index contributed by atoms with van der Waals surface area (Å²) in [6.07, 6.45) is 2.09. The molecule has 0 radical (unpaired) electrons. The van der Waals surface area contributed by atoms with Crippen LogP contribution in [0.3, 0.4) is 0 Å². The van der Waals surface area contributed by atoms with Gasteiger partial charge in [-0.25, -0.2) is 0 Å². The van der Waals surface area contributed by atoms with Crippen LogP contribution in [0.4, 0.5) is 0 Å². The Morgan fingerprint density at radius 1 is 1.58 bits per heavy atom.